The smallest absolute Gasteiger partial charge is 0.0832 e. The molecular weight excluding hydrogens is 210 g/mol. The predicted octanol–water partition coefficient (Wildman–Crippen LogP) is 3.28. The minimum atomic E-state index is -0.377. The first-order valence-electron chi connectivity index (χ1n) is 5.93. The Kier molecular flexibility index (Phi) is 2.57. The van der Waals surface area contributed by atoms with Gasteiger partial charge >= 0.3 is 0 Å². The molecule has 0 saturated carbocycles. The number of benzene rings is 2. The van der Waals surface area contributed by atoms with E-state index >= 15 is 0 Å². The third-order valence-corrected chi connectivity index (χ3v) is 3.31. The average Bonchev–Trinajstić information content (AvgIpc) is 2.40. The molecule has 2 atom stereocenters. The van der Waals surface area contributed by atoms with Gasteiger partial charge in [-0.3, -0.25) is 0 Å². The van der Waals surface area contributed by atoms with Gasteiger partial charge in [-0.15, -0.1) is 0 Å². The molecule has 0 fully saturated rings. The second-order valence-electron chi connectivity index (χ2n) is 4.45. The number of hydrogen-bond donors (Lipinski definition) is 2. The van der Waals surface area contributed by atoms with Gasteiger partial charge in [0.2, 0.25) is 0 Å². The standard InChI is InChI=1S/C15H15NO/c17-15-10-14(11-6-2-1-3-7-11)16-13-9-5-4-8-12(13)15/h1-9,14-17H,10H2. The lowest BCUT2D eigenvalue weighted by molar-refractivity contribution is 0.156. The van der Waals surface area contributed by atoms with Crippen molar-refractivity contribution in [2.45, 2.75) is 18.6 Å². The van der Waals surface area contributed by atoms with Gasteiger partial charge in [0.1, 0.15) is 0 Å². The van der Waals surface area contributed by atoms with Crippen LogP contribution in [-0.2, 0) is 0 Å². The van der Waals surface area contributed by atoms with E-state index in [1.165, 1.54) is 5.56 Å². The molecule has 0 radical (unpaired) electrons. The molecule has 0 amide bonds. The van der Waals surface area contributed by atoms with E-state index in [-0.39, 0.29) is 12.1 Å². The Bertz CT molecular complexity index is 509. The van der Waals surface area contributed by atoms with Crippen molar-refractivity contribution in [3.8, 4) is 0 Å². The molecule has 1 aliphatic heterocycles. The number of anilines is 1. The van der Waals surface area contributed by atoms with Crippen LogP contribution in [0.2, 0.25) is 0 Å². The molecule has 86 valence electrons. The van der Waals surface area contributed by atoms with Gasteiger partial charge in [-0.2, -0.15) is 0 Å². The molecular formula is C15H15NO. The van der Waals surface area contributed by atoms with Gasteiger partial charge in [-0.1, -0.05) is 48.5 Å². The van der Waals surface area contributed by atoms with E-state index in [0.717, 1.165) is 17.7 Å². The number of aliphatic hydroxyl groups excluding tert-OH is 1. The highest BCUT2D eigenvalue weighted by Gasteiger charge is 2.25. The Balaban J connectivity index is 1.94. The van der Waals surface area contributed by atoms with Crippen LogP contribution in [0.15, 0.2) is 54.6 Å². The summed E-state index contributed by atoms with van der Waals surface area (Å²) in [6, 6.07) is 18.4. The lowest BCUT2D eigenvalue weighted by Gasteiger charge is -2.30. The molecule has 0 bridgehead atoms. The Morgan fingerprint density at radius 1 is 0.941 bits per heavy atom. The highest BCUT2D eigenvalue weighted by molar-refractivity contribution is 5.56. The van der Waals surface area contributed by atoms with Crippen LogP contribution in [0.25, 0.3) is 0 Å². The predicted molar refractivity (Wildman–Crippen MR) is 68.8 cm³/mol. The quantitative estimate of drug-likeness (QED) is 0.780. The maximum Gasteiger partial charge on any atom is 0.0832 e. The summed E-state index contributed by atoms with van der Waals surface area (Å²) in [5.41, 5.74) is 3.26. The maximum absolute atomic E-state index is 10.2. The van der Waals surface area contributed by atoms with Crippen molar-refractivity contribution >= 4 is 5.69 Å². The number of fused-ring (bicyclic) bond motifs is 1. The van der Waals surface area contributed by atoms with Crippen molar-refractivity contribution in [3.63, 3.8) is 0 Å². The Morgan fingerprint density at radius 3 is 2.47 bits per heavy atom. The van der Waals surface area contributed by atoms with E-state index in [4.69, 9.17) is 0 Å². The van der Waals surface area contributed by atoms with Gasteiger partial charge in [0.05, 0.1) is 12.1 Å². The van der Waals surface area contributed by atoms with Gasteiger partial charge in [0.15, 0.2) is 0 Å². The minimum absolute atomic E-state index is 0.195. The van der Waals surface area contributed by atoms with Crippen molar-refractivity contribution in [2.75, 3.05) is 5.32 Å². The zero-order valence-corrected chi connectivity index (χ0v) is 9.51. The molecule has 2 N–H and O–H groups in total. The normalized spacial score (nSPS) is 22.6. The van der Waals surface area contributed by atoms with Crippen LogP contribution in [0.3, 0.4) is 0 Å². The van der Waals surface area contributed by atoms with Crippen LogP contribution in [-0.4, -0.2) is 5.11 Å². The van der Waals surface area contributed by atoms with Gasteiger partial charge in [0.25, 0.3) is 0 Å². The highest BCUT2D eigenvalue weighted by Crippen LogP contribution is 2.38. The molecule has 2 unspecified atom stereocenters. The highest BCUT2D eigenvalue weighted by atomic mass is 16.3. The lowest BCUT2D eigenvalue weighted by atomic mass is 9.91. The van der Waals surface area contributed by atoms with E-state index in [2.05, 4.69) is 17.4 Å². The second-order valence-corrected chi connectivity index (χ2v) is 4.45. The first-order chi connectivity index (χ1) is 8.34. The fraction of sp³-hybridized carbons (Fsp3) is 0.200. The maximum atomic E-state index is 10.2. The van der Waals surface area contributed by atoms with Crippen LogP contribution in [0.4, 0.5) is 5.69 Å². The van der Waals surface area contributed by atoms with Crippen LogP contribution in [0.1, 0.15) is 29.7 Å². The topological polar surface area (TPSA) is 32.3 Å². The summed E-state index contributed by atoms with van der Waals surface area (Å²) in [6.07, 6.45) is 0.346. The Labute approximate surface area is 101 Å². The zero-order valence-electron chi connectivity index (χ0n) is 9.51. The average molecular weight is 225 g/mol. The molecule has 17 heavy (non-hydrogen) atoms. The molecule has 2 heteroatoms. The molecule has 2 nitrogen and oxygen atoms in total. The van der Waals surface area contributed by atoms with Crippen molar-refractivity contribution in [2.24, 2.45) is 0 Å². The zero-order chi connectivity index (χ0) is 11.7. The van der Waals surface area contributed by atoms with Crippen molar-refractivity contribution < 1.29 is 5.11 Å². The molecule has 0 aliphatic carbocycles. The molecule has 2 aromatic rings. The summed E-state index contributed by atoms with van der Waals surface area (Å²) in [5.74, 6) is 0. The van der Waals surface area contributed by atoms with Crippen LogP contribution in [0, 0.1) is 0 Å². The summed E-state index contributed by atoms with van der Waals surface area (Å²) in [4.78, 5) is 0. The molecule has 1 aliphatic rings. The van der Waals surface area contributed by atoms with Crippen LogP contribution in [0.5, 0.6) is 0 Å². The number of para-hydroxylation sites is 1. The van der Waals surface area contributed by atoms with Gasteiger partial charge in [-0.05, 0) is 11.6 Å². The second kappa shape index (κ2) is 4.22. The van der Waals surface area contributed by atoms with Crippen molar-refractivity contribution in [3.05, 3.63) is 65.7 Å². The third kappa shape index (κ3) is 1.92. The summed E-state index contributed by atoms with van der Waals surface area (Å²) < 4.78 is 0. The monoisotopic (exact) mass is 225 g/mol. The van der Waals surface area contributed by atoms with E-state index < -0.39 is 0 Å². The largest absolute Gasteiger partial charge is 0.388 e. The molecule has 0 spiro atoms. The summed E-state index contributed by atoms with van der Waals surface area (Å²) in [5, 5.41) is 13.6. The van der Waals surface area contributed by atoms with E-state index in [0.29, 0.717) is 0 Å². The van der Waals surface area contributed by atoms with E-state index in [9.17, 15) is 5.11 Å². The summed E-state index contributed by atoms with van der Waals surface area (Å²) in [7, 11) is 0. The molecule has 0 saturated heterocycles. The fourth-order valence-electron chi connectivity index (χ4n) is 2.42. The Morgan fingerprint density at radius 2 is 1.65 bits per heavy atom. The lowest BCUT2D eigenvalue weighted by Crippen LogP contribution is -2.21. The van der Waals surface area contributed by atoms with E-state index in [1.54, 1.807) is 0 Å². The molecule has 3 rings (SSSR count). The minimum Gasteiger partial charge on any atom is -0.388 e. The molecule has 0 aromatic heterocycles. The third-order valence-electron chi connectivity index (χ3n) is 3.31. The Hall–Kier alpha value is -1.80. The van der Waals surface area contributed by atoms with Gasteiger partial charge < -0.3 is 10.4 Å². The SMILES string of the molecule is OC1CC(c2ccccc2)Nc2ccccc21. The fourth-order valence-corrected chi connectivity index (χ4v) is 2.42. The number of aliphatic hydroxyl groups is 1. The number of rotatable bonds is 1. The number of nitrogens with one attached hydrogen (secondary N) is 1. The number of hydrogen-bond acceptors (Lipinski definition) is 2. The van der Waals surface area contributed by atoms with Gasteiger partial charge in [0, 0.05) is 17.7 Å². The van der Waals surface area contributed by atoms with Crippen LogP contribution >= 0.6 is 0 Å². The van der Waals surface area contributed by atoms with Crippen LogP contribution < -0.4 is 5.32 Å². The van der Waals surface area contributed by atoms with Crippen molar-refractivity contribution in [1.82, 2.24) is 0 Å². The molecule has 1 heterocycles. The molecule has 2 aromatic carbocycles. The van der Waals surface area contributed by atoms with E-state index in [1.807, 2.05) is 42.5 Å². The first kappa shape index (κ1) is 10.4. The summed E-state index contributed by atoms with van der Waals surface area (Å²) >= 11 is 0. The van der Waals surface area contributed by atoms with Crippen molar-refractivity contribution in [1.29, 1.82) is 0 Å². The van der Waals surface area contributed by atoms with Gasteiger partial charge in [-0.25, -0.2) is 0 Å². The first-order valence-corrected chi connectivity index (χ1v) is 5.93. The summed E-state index contributed by atoms with van der Waals surface area (Å²) in [6.45, 7) is 0.